The second kappa shape index (κ2) is 4.06. The maximum absolute atomic E-state index is 12.6. The molecule has 5 heteroatoms. The normalized spacial score (nSPS) is 16.1. The highest BCUT2D eigenvalue weighted by Gasteiger charge is 2.53. The van der Waals surface area contributed by atoms with E-state index in [2.05, 4.69) is 12.6 Å². The zero-order valence-corrected chi connectivity index (χ0v) is 8.94. The van der Waals surface area contributed by atoms with Gasteiger partial charge in [-0.3, -0.25) is 0 Å². The van der Waals surface area contributed by atoms with Gasteiger partial charge in [0.1, 0.15) is 0 Å². The maximum Gasteiger partial charge on any atom is 0.421 e. The van der Waals surface area contributed by atoms with Crippen LogP contribution < -0.4 is 0 Å². The summed E-state index contributed by atoms with van der Waals surface area (Å²) in [7, 11) is 0. The lowest BCUT2D eigenvalue weighted by Crippen LogP contribution is -2.41. The molecular formula is C10H11F3OS. The van der Waals surface area contributed by atoms with E-state index in [1.165, 1.54) is 25.1 Å². The van der Waals surface area contributed by atoms with Crippen molar-refractivity contribution in [1.82, 2.24) is 0 Å². The number of benzene rings is 1. The van der Waals surface area contributed by atoms with Crippen molar-refractivity contribution >= 4 is 12.6 Å². The third-order valence-corrected chi connectivity index (χ3v) is 2.58. The third-order valence-electron chi connectivity index (χ3n) is 2.30. The predicted octanol–water partition coefficient (Wildman–Crippen LogP) is 3.14. The molecule has 0 radical (unpaired) electrons. The van der Waals surface area contributed by atoms with E-state index in [-0.39, 0.29) is 5.56 Å². The fourth-order valence-corrected chi connectivity index (χ4v) is 1.56. The monoisotopic (exact) mass is 236 g/mol. The van der Waals surface area contributed by atoms with Gasteiger partial charge in [0, 0.05) is 4.90 Å². The highest BCUT2D eigenvalue weighted by Crippen LogP contribution is 2.41. The van der Waals surface area contributed by atoms with Gasteiger partial charge in [-0.2, -0.15) is 13.2 Å². The third kappa shape index (κ3) is 2.29. The molecule has 1 atom stereocenters. The average molecular weight is 236 g/mol. The van der Waals surface area contributed by atoms with Gasteiger partial charge in [-0.1, -0.05) is 19.1 Å². The topological polar surface area (TPSA) is 20.2 Å². The van der Waals surface area contributed by atoms with Gasteiger partial charge in [-0.25, -0.2) is 0 Å². The zero-order chi connectivity index (χ0) is 11.7. The minimum Gasteiger partial charge on any atom is -0.376 e. The Morgan fingerprint density at radius 2 is 1.93 bits per heavy atom. The van der Waals surface area contributed by atoms with E-state index < -0.39 is 18.2 Å². The molecule has 1 N–H and O–H groups in total. The van der Waals surface area contributed by atoms with Crippen molar-refractivity contribution in [2.45, 2.75) is 30.0 Å². The van der Waals surface area contributed by atoms with E-state index in [1.54, 1.807) is 6.07 Å². The van der Waals surface area contributed by atoms with E-state index in [0.717, 1.165) is 0 Å². The quantitative estimate of drug-likeness (QED) is 0.756. The number of rotatable bonds is 2. The summed E-state index contributed by atoms with van der Waals surface area (Å²) in [5, 5.41) is 9.59. The first-order chi connectivity index (χ1) is 6.81. The summed E-state index contributed by atoms with van der Waals surface area (Å²) in [5.74, 6) is 0. The molecule has 0 bridgehead atoms. The average Bonchev–Trinajstić information content (AvgIpc) is 2.14. The first-order valence-electron chi connectivity index (χ1n) is 4.40. The van der Waals surface area contributed by atoms with Crippen molar-refractivity contribution in [2.75, 3.05) is 0 Å². The lowest BCUT2D eigenvalue weighted by Gasteiger charge is -2.29. The molecule has 0 aliphatic heterocycles. The van der Waals surface area contributed by atoms with E-state index in [4.69, 9.17) is 0 Å². The van der Waals surface area contributed by atoms with Crippen molar-refractivity contribution in [1.29, 1.82) is 0 Å². The van der Waals surface area contributed by atoms with Crippen LogP contribution in [0.4, 0.5) is 13.2 Å². The lowest BCUT2D eigenvalue weighted by molar-refractivity contribution is -0.267. The Bertz CT molecular complexity index is 351. The van der Waals surface area contributed by atoms with Gasteiger partial charge in [-0.05, 0) is 24.1 Å². The molecule has 0 saturated carbocycles. The van der Waals surface area contributed by atoms with Crippen LogP contribution >= 0.6 is 12.6 Å². The van der Waals surface area contributed by atoms with Crippen LogP contribution in [0.3, 0.4) is 0 Å². The molecule has 1 aromatic carbocycles. The van der Waals surface area contributed by atoms with Gasteiger partial charge >= 0.3 is 6.18 Å². The van der Waals surface area contributed by atoms with Crippen LogP contribution in [0.1, 0.15) is 18.9 Å². The molecule has 1 unspecified atom stereocenters. The predicted molar refractivity (Wildman–Crippen MR) is 53.9 cm³/mol. The summed E-state index contributed by atoms with van der Waals surface area (Å²) in [4.78, 5) is 0.392. The fraction of sp³-hybridized carbons (Fsp3) is 0.400. The number of alkyl halides is 3. The standard InChI is InChI=1S/C10H11F3OS/c1-2-9(14,10(11,12)13)7-4-3-5-8(15)6-7/h3-6,14-15H,2H2,1H3. The molecule has 0 aliphatic carbocycles. The van der Waals surface area contributed by atoms with Gasteiger partial charge in [0.05, 0.1) is 0 Å². The SMILES string of the molecule is CCC(O)(c1cccc(S)c1)C(F)(F)F. The molecular weight excluding hydrogens is 225 g/mol. The Kier molecular flexibility index (Phi) is 3.35. The number of thiol groups is 1. The second-order valence-corrected chi connectivity index (χ2v) is 3.78. The van der Waals surface area contributed by atoms with Crippen LogP contribution in [-0.2, 0) is 5.60 Å². The summed E-state index contributed by atoms with van der Waals surface area (Å²) in [6, 6.07) is 5.46. The molecule has 1 nitrogen and oxygen atoms in total. The maximum atomic E-state index is 12.6. The van der Waals surface area contributed by atoms with E-state index in [0.29, 0.717) is 4.90 Å². The van der Waals surface area contributed by atoms with Gasteiger partial charge in [0.2, 0.25) is 0 Å². The number of hydrogen-bond acceptors (Lipinski definition) is 2. The van der Waals surface area contributed by atoms with Crippen LogP contribution in [-0.4, -0.2) is 11.3 Å². The minimum absolute atomic E-state index is 0.176. The van der Waals surface area contributed by atoms with Crippen LogP contribution in [0, 0.1) is 0 Å². The summed E-state index contributed by atoms with van der Waals surface area (Å²) in [6.07, 6.45) is -5.10. The zero-order valence-electron chi connectivity index (χ0n) is 8.04. The summed E-state index contributed by atoms with van der Waals surface area (Å²) in [5.41, 5.74) is -2.96. The van der Waals surface area contributed by atoms with Crippen molar-refractivity contribution in [3.05, 3.63) is 29.8 Å². The van der Waals surface area contributed by atoms with Crippen LogP contribution in [0.25, 0.3) is 0 Å². The molecule has 1 aromatic rings. The van der Waals surface area contributed by atoms with Crippen molar-refractivity contribution in [3.8, 4) is 0 Å². The molecule has 1 rings (SSSR count). The highest BCUT2D eigenvalue weighted by atomic mass is 32.1. The van der Waals surface area contributed by atoms with E-state index in [9.17, 15) is 18.3 Å². The van der Waals surface area contributed by atoms with Crippen LogP contribution in [0.5, 0.6) is 0 Å². The molecule has 0 saturated heterocycles. The lowest BCUT2D eigenvalue weighted by atomic mass is 9.90. The van der Waals surface area contributed by atoms with Crippen molar-refractivity contribution < 1.29 is 18.3 Å². The van der Waals surface area contributed by atoms with Gasteiger partial charge in [-0.15, -0.1) is 12.6 Å². The second-order valence-electron chi connectivity index (χ2n) is 3.26. The fourth-order valence-electron chi connectivity index (χ4n) is 1.33. The summed E-state index contributed by atoms with van der Waals surface area (Å²) >= 11 is 3.94. The smallest absolute Gasteiger partial charge is 0.376 e. The van der Waals surface area contributed by atoms with E-state index >= 15 is 0 Å². The molecule has 0 spiro atoms. The van der Waals surface area contributed by atoms with Crippen LogP contribution in [0.2, 0.25) is 0 Å². The Morgan fingerprint density at radius 1 is 1.33 bits per heavy atom. The van der Waals surface area contributed by atoms with Gasteiger partial charge < -0.3 is 5.11 Å². The largest absolute Gasteiger partial charge is 0.421 e. The van der Waals surface area contributed by atoms with E-state index in [1.807, 2.05) is 0 Å². The minimum atomic E-state index is -4.68. The van der Waals surface area contributed by atoms with Crippen molar-refractivity contribution in [3.63, 3.8) is 0 Å². The number of hydrogen-bond donors (Lipinski definition) is 2. The number of aliphatic hydroxyl groups is 1. The molecule has 0 fully saturated rings. The molecule has 15 heavy (non-hydrogen) atoms. The summed E-state index contributed by atoms with van der Waals surface area (Å²) in [6.45, 7) is 1.29. The van der Waals surface area contributed by atoms with Gasteiger partial charge in [0.15, 0.2) is 5.60 Å². The van der Waals surface area contributed by atoms with Crippen LogP contribution in [0.15, 0.2) is 29.2 Å². The first kappa shape index (κ1) is 12.4. The molecule has 0 heterocycles. The molecule has 0 aliphatic rings. The number of halogens is 3. The Hall–Kier alpha value is -0.680. The first-order valence-corrected chi connectivity index (χ1v) is 4.84. The Balaban J connectivity index is 3.23. The highest BCUT2D eigenvalue weighted by molar-refractivity contribution is 7.80. The Labute approximate surface area is 91.3 Å². The summed E-state index contributed by atoms with van der Waals surface area (Å²) < 4.78 is 37.9. The Morgan fingerprint density at radius 3 is 2.33 bits per heavy atom. The van der Waals surface area contributed by atoms with Crippen molar-refractivity contribution in [2.24, 2.45) is 0 Å². The van der Waals surface area contributed by atoms with Gasteiger partial charge in [0.25, 0.3) is 0 Å². The molecule has 84 valence electrons. The molecule has 0 aromatic heterocycles. The molecule has 0 amide bonds.